The number of aromatic nitrogens is 2. The molecule has 0 radical (unpaired) electrons. The zero-order valence-electron chi connectivity index (χ0n) is 7.73. The molecule has 0 atom stereocenters. The van der Waals surface area contributed by atoms with Gasteiger partial charge in [-0.1, -0.05) is 0 Å². The van der Waals surface area contributed by atoms with Gasteiger partial charge in [0, 0.05) is 17.5 Å². The number of nitrogens with two attached hydrogens (primary N) is 1. The van der Waals surface area contributed by atoms with Crippen molar-refractivity contribution >= 4 is 11.3 Å². The Morgan fingerprint density at radius 3 is 2.80 bits per heavy atom. The molecule has 0 aliphatic heterocycles. The summed E-state index contributed by atoms with van der Waals surface area (Å²) in [4.78, 5) is 0. The van der Waals surface area contributed by atoms with Gasteiger partial charge in [0.1, 0.15) is 0 Å². The maximum atomic E-state index is 12.5. The number of thiophene rings is 1. The van der Waals surface area contributed by atoms with Crippen LogP contribution in [0, 0.1) is 0 Å². The van der Waals surface area contributed by atoms with Gasteiger partial charge in [-0.2, -0.15) is 25.2 Å². The van der Waals surface area contributed by atoms with Gasteiger partial charge in [0.05, 0.1) is 11.4 Å². The highest BCUT2D eigenvalue weighted by molar-refractivity contribution is 7.08. The van der Waals surface area contributed by atoms with E-state index in [4.69, 9.17) is 5.73 Å². The van der Waals surface area contributed by atoms with Crippen molar-refractivity contribution < 1.29 is 8.78 Å². The summed E-state index contributed by atoms with van der Waals surface area (Å²) in [7, 11) is 0. The molecule has 0 saturated carbocycles. The molecule has 3 nitrogen and oxygen atoms in total. The third kappa shape index (κ3) is 1.91. The van der Waals surface area contributed by atoms with Crippen molar-refractivity contribution in [1.29, 1.82) is 0 Å². The molecular weight excluding hydrogens is 220 g/mol. The minimum Gasteiger partial charge on any atom is -0.325 e. The molecule has 0 aliphatic carbocycles. The maximum absolute atomic E-state index is 12.5. The Morgan fingerprint density at radius 1 is 1.53 bits per heavy atom. The molecule has 0 aromatic carbocycles. The van der Waals surface area contributed by atoms with Crippen molar-refractivity contribution in [2.45, 2.75) is 13.1 Å². The molecule has 0 unspecified atom stereocenters. The van der Waals surface area contributed by atoms with Gasteiger partial charge in [-0.3, -0.25) is 0 Å². The van der Waals surface area contributed by atoms with E-state index in [9.17, 15) is 8.78 Å². The number of alkyl halides is 2. The molecule has 2 aromatic rings. The zero-order chi connectivity index (χ0) is 10.8. The van der Waals surface area contributed by atoms with Crippen LogP contribution in [-0.2, 0) is 6.54 Å². The second-order valence-corrected chi connectivity index (χ2v) is 3.74. The number of rotatable bonds is 3. The Kier molecular flexibility index (Phi) is 2.79. The Bertz CT molecular complexity index is 436. The summed E-state index contributed by atoms with van der Waals surface area (Å²) in [5.41, 5.74) is 7.08. The molecule has 2 N–H and O–H groups in total. The lowest BCUT2D eigenvalue weighted by molar-refractivity contribution is 0.0537. The van der Waals surface area contributed by atoms with Crippen LogP contribution in [0.3, 0.4) is 0 Å². The normalized spacial score (nSPS) is 11.2. The molecule has 0 spiro atoms. The van der Waals surface area contributed by atoms with Gasteiger partial charge in [0.15, 0.2) is 0 Å². The summed E-state index contributed by atoms with van der Waals surface area (Å²) < 4.78 is 25.7. The van der Waals surface area contributed by atoms with Crippen LogP contribution in [0.4, 0.5) is 8.78 Å². The molecule has 2 heterocycles. The van der Waals surface area contributed by atoms with Crippen molar-refractivity contribution in [3.8, 4) is 11.3 Å². The molecule has 15 heavy (non-hydrogen) atoms. The average molecular weight is 229 g/mol. The summed E-state index contributed by atoms with van der Waals surface area (Å²) in [5, 5.41) is 7.55. The first-order valence-electron chi connectivity index (χ1n) is 4.31. The molecule has 2 aromatic heterocycles. The molecule has 0 fully saturated rings. The smallest absolute Gasteiger partial charge is 0.325 e. The standard InChI is InChI=1S/C9H9F2N3S/c10-9(11)14-7(4-12)3-8(13-14)6-1-2-15-5-6/h1-3,5,9H,4,12H2. The molecular formula is C9H9F2N3S. The predicted molar refractivity (Wildman–Crippen MR) is 54.7 cm³/mol. The highest BCUT2D eigenvalue weighted by Crippen LogP contribution is 2.24. The quantitative estimate of drug-likeness (QED) is 0.878. The van der Waals surface area contributed by atoms with Crippen molar-refractivity contribution in [2.24, 2.45) is 5.73 Å². The Morgan fingerprint density at radius 2 is 2.33 bits per heavy atom. The summed E-state index contributed by atoms with van der Waals surface area (Å²) in [5.74, 6) is 0. The van der Waals surface area contributed by atoms with Crippen molar-refractivity contribution in [2.75, 3.05) is 0 Å². The van der Waals surface area contributed by atoms with Gasteiger partial charge in [-0.05, 0) is 17.5 Å². The van der Waals surface area contributed by atoms with Crippen LogP contribution in [0.2, 0.25) is 0 Å². The van der Waals surface area contributed by atoms with Gasteiger partial charge in [-0.25, -0.2) is 4.68 Å². The summed E-state index contributed by atoms with van der Waals surface area (Å²) in [6.07, 6.45) is 0. The van der Waals surface area contributed by atoms with Crippen LogP contribution in [0.1, 0.15) is 12.2 Å². The van der Waals surface area contributed by atoms with E-state index in [1.165, 1.54) is 11.3 Å². The Balaban J connectivity index is 2.43. The van der Waals surface area contributed by atoms with E-state index in [2.05, 4.69) is 5.10 Å². The van der Waals surface area contributed by atoms with Gasteiger partial charge >= 0.3 is 6.55 Å². The molecule has 80 valence electrons. The van der Waals surface area contributed by atoms with Crippen LogP contribution < -0.4 is 5.73 Å². The fourth-order valence-corrected chi connectivity index (χ4v) is 1.96. The largest absolute Gasteiger partial charge is 0.333 e. The summed E-state index contributed by atoms with van der Waals surface area (Å²) >= 11 is 1.50. The average Bonchev–Trinajstić information content (AvgIpc) is 2.86. The molecule has 0 aliphatic rings. The fraction of sp³-hybridized carbons (Fsp3) is 0.222. The van der Waals surface area contributed by atoms with Crippen LogP contribution in [0.25, 0.3) is 11.3 Å². The van der Waals surface area contributed by atoms with Gasteiger partial charge in [0.2, 0.25) is 0 Å². The van der Waals surface area contributed by atoms with E-state index in [-0.39, 0.29) is 6.54 Å². The Hall–Kier alpha value is -1.27. The SMILES string of the molecule is NCc1cc(-c2ccsc2)nn1C(F)F. The zero-order valence-corrected chi connectivity index (χ0v) is 8.55. The molecule has 2 rings (SSSR count). The highest BCUT2D eigenvalue weighted by Gasteiger charge is 2.14. The van der Waals surface area contributed by atoms with Crippen LogP contribution in [0.15, 0.2) is 22.9 Å². The van der Waals surface area contributed by atoms with Crippen LogP contribution >= 0.6 is 11.3 Å². The van der Waals surface area contributed by atoms with E-state index in [1.807, 2.05) is 16.8 Å². The van der Waals surface area contributed by atoms with E-state index < -0.39 is 6.55 Å². The minimum atomic E-state index is -2.64. The van der Waals surface area contributed by atoms with Crippen molar-refractivity contribution in [1.82, 2.24) is 9.78 Å². The van der Waals surface area contributed by atoms with Crippen molar-refractivity contribution in [3.05, 3.63) is 28.6 Å². The third-order valence-corrected chi connectivity index (χ3v) is 2.71. The summed E-state index contributed by atoms with van der Waals surface area (Å²) in [6, 6.07) is 3.43. The summed E-state index contributed by atoms with van der Waals surface area (Å²) in [6.45, 7) is -2.59. The lowest BCUT2D eigenvalue weighted by atomic mass is 10.2. The van der Waals surface area contributed by atoms with E-state index in [0.717, 1.165) is 5.56 Å². The second-order valence-electron chi connectivity index (χ2n) is 2.96. The Labute approximate surface area is 89.1 Å². The second kappa shape index (κ2) is 4.08. The highest BCUT2D eigenvalue weighted by atomic mass is 32.1. The predicted octanol–water partition coefficient (Wildman–Crippen LogP) is 2.47. The monoisotopic (exact) mass is 229 g/mol. The van der Waals surface area contributed by atoms with Gasteiger partial charge in [-0.15, -0.1) is 0 Å². The lowest BCUT2D eigenvalue weighted by Crippen LogP contribution is -2.09. The van der Waals surface area contributed by atoms with Crippen molar-refractivity contribution in [3.63, 3.8) is 0 Å². The maximum Gasteiger partial charge on any atom is 0.333 e. The first-order chi connectivity index (χ1) is 7.22. The van der Waals surface area contributed by atoms with E-state index in [0.29, 0.717) is 16.1 Å². The number of halogens is 2. The molecule has 6 heteroatoms. The van der Waals surface area contributed by atoms with Crippen LogP contribution in [-0.4, -0.2) is 9.78 Å². The third-order valence-electron chi connectivity index (χ3n) is 2.02. The number of hydrogen-bond acceptors (Lipinski definition) is 3. The van der Waals surface area contributed by atoms with E-state index >= 15 is 0 Å². The topological polar surface area (TPSA) is 43.8 Å². The van der Waals surface area contributed by atoms with Gasteiger partial charge in [0.25, 0.3) is 0 Å². The first kappa shape index (κ1) is 10.3. The molecule has 0 amide bonds. The first-order valence-corrected chi connectivity index (χ1v) is 5.26. The number of hydrogen-bond donors (Lipinski definition) is 1. The number of nitrogens with zero attached hydrogens (tertiary/aromatic N) is 2. The molecule has 0 saturated heterocycles. The minimum absolute atomic E-state index is 0.0570. The fourth-order valence-electron chi connectivity index (χ4n) is 1.31. The van der Waals surface area contributed by atoms with E-state index in [1.54, 1.807) is 6.07 Å². The lowest BCUT2D eigenvalue weighted by Gasteiger charge is -2.01. The van der Waals surface area contributed by atoms with Gasteiger partial charge < -0.3 is 5.73 Å². The van der Waals surface area contributed by atoms with Crippen LogP contribution in [0.5, 0.6) is 0 Å². The molecule has 0 bridgehead atoms.